The van der Waals surface area contributed by atoms with Crippen LogP contribution < -0.4 is 10.1 Å². The van der Waals surface area contributed by atoms with E-state index in [4.69, 9.17) is 4.74 Å². The molecule has 9 heteroatoms. The highest BCUT2D eigenvalue weighted by Crippen LogP contribution is 2.41. The van der Waals surface area contributed by atoms with Crippen molar-refractivity contribution in [3.05, 3.63) is 65.7 Å². The predicted molar refractivity (Wildman–Crippen MR) is 114 cm³/mol. The average Bonchev–Trinajstić information content (AvgIpc) is 3.28. The van der Waals surface area contributed by atoms with Crippen molar-refractivity contribution in [1.82, 2.24) is 15.2 Å². The number of aromatic nitrogens is 3. The Hall–Kier alpha value is -3.93. The van der Waals surface area contributed by atoms with E-state index in [1.54, 1.807) is 24.4 Å². The number of nitrogens with one attached hydrogen (secondary N) is 2. The Morgan fingerprint density at radius 2 is 2.06 bits per heavy atom. The van der Waals surface area contributed by atoms with E-state index in [1.165, 1.54) is 12.1 Å². The molecule has 4 rings (SSSR count). The van der Waals surface area contributed by atoms with Crippen LogP contribution in [0, 0.1) is 22.6 Å². The summed E-state index contributed by atoms with van der Waals surface area (Å²) in [4.78, 5) is 16.8. The van der Waals surface area contributed by atoms with Crippen molar-refractivity contribution in [2.75, 3.05) is 5.32 Å². The van der Waals surface area contributed by atoms with Crippen molar-refractivity contribution in [1.29, 1.82) is 5.26 Å². The van der Waals surface area contributed by atoms with Crippen molar-refractivity contribution < 1.29 is 19.0 Å². The zero-order valence-corrected chi connectivity index (χ0v) is 17.2. The Balaban J connectivity index is 1.44. The molecule has 0 aliphatic heterocycles. The summed E-state index contributed by atoms with van der Waals surface area (Å²) in [7, 11) is 0. The normalized spacial score (nSPS) is 20.3. The Morgan fingerprint density at radius 3 is 2.75 bits per heavy atom. The minimum atomic E-state index is -0.959. The van der Waals surface area contributed by atoms with Crippen LogP contribution in [0.1, 0.15) is 36.9 Å². The predicted octanol–water partition coefficient (Wildman–Crippen LogP) is 4.19. The third-order valence-electron chi connectivity index (χ3n) is 5.81. The van der Waals surface area contributed by atoms with Crippen LogP contribution in [0.15, 0.2) is 48.7 Å². The zero-order valence-electron chi connectivity index (χ0n) is 17.2. The third kappa shape index (κ3) is 4.54. The number of H-pyrrole nitrogens is 1. The van der Waals surface area contributed by atoms with Gasteiger partial charge in [-0.3, -0.25) is 9.89 Å². The molecule has 2 heterocycles. The summed E-state index contributed by atoms with van der Waals surface area (Å²) in [5.74, 6) is -0.0168. The van der Waals surface area contributed by atoms with Crippen LogP contribution in [0.5, 0.6) is 5.75 Å². The molecule has 0 saturated heterocycles. The van der Waals surface area contributed by atoms with E-state index in [1.807, 2.05) is 18.2 Å². The first kappa shape index (κ1) is 21.3. The van der Waals surface area contributed by atoms with Gasteiger partial charge in [0, 0.05) is 18.2 Å². The maximum Gasteiger partial charge on any atom is 0.310 e. The second-order valence-electron chi connectivity index (χ2n) is 7.91. The second-order valence-corrected chi connectivity index (χ2v) is 7.91. The highest BCUT2D eigenvalue weighted by molar-refractivity contribution is 5.75. The number of benzene rings is 1. The third-order valence-corrected chi connectivity index (χ3v) is 5.81. The minimum absolute atomic E-state index is 0.131. The van der Waals surface area contributed by atoms with E-state index in [0.717, 1.165) is 0 Å². The quantitative estimate of drug-likeness (QED) is 0.508. The van der Waals surface area contributed by atoms with Crippen molar-refractivity contribution >= 4 is 17.6 Å². The fraction of sp³-hybridized carbons (Fsp3) is 0.304. The van der Waals surface area contributed by atoms with Gasteiger partial charge in [-0.1, -0.05) is 12.1 Å². The van der Waals surface area contributed by atoms with Crippen LogP contribution in [-0.4, -0.2) is 32.4 Å². The number of carbonyl (C=O) groups is 1. The molecule has 32 heavy (non-hydrogen) atoms. The molecule has 1 fully saturated rings. The number of nitriles is 1. The molecule has 0 radical (unpaired) electrons. The van der Waals surface area contributed by atoms with Gasteiger partial charge in [0.2, 0.25) is 0 Å². The molecule has 0 spiro atoms. The molecule has 0 unspecified atom stereocenters. The number of hydrogen-bond donors (Lipinski definition) is 3. The lowest BCUT2D eigenvalue weighted by Crippen LogP contribution is -2.40. The van der Waals surface area contributed by atoms with E-state index >= 15 is 0 Å². The molecule has 1 aromatic carbocycles. The SMILES string of the molecule is N#Cc1c(F)cccc1OC1CCC(Cc2cccc(Nc3ccn[nH]3)n2)(C(=O)O)CC1. The number of rotatable bonds is 7. The first-order valence-corrected chi connectivity index (χ1v) is 10.3. The summed E-state index contributed by atoms with van der Waals surface area (Å²) in [6, 6.07) is 13.3. The number of halogens is 1. The van der Waals surface area contributed by atoms with Gasteiger partial charge in [-0.05, 0) is 49.9 Å². The van der Waals surface area contributed by atoms with E-state index in [2.05, 4.69) is 20.5 Å². The molecule has 3 aromatic rings. The second kappa shape index (κ2) is 9.06. The fourth-order valence-corrected chi connectivity index (χ4v) is 4.08. The van der Waals surface area contributed by atoms with E-state index in [0.29, 0.717) is 43.0 Å². The topological polar surface area (TPSA) is 124 Å². The minimum Gasteiger partial charge on any atom is -0.489 e. The number of carboxylic acids is 1. The molecule has 0 bridgehead atoms. The highest BCUT2D eigenvalue weighted by atomic mass is 19.1. The van der Waals surface area contributed by atoms with E-state index in [9.17, 15) is 19.6 Å². The molecule has 0 atom stereocenters. The number of nitrogens with zero attached hydrogens (tertiary/aromatic N) is 3. The van der Waals surface area contributed by atoms with Gasteiger partial charge in [0.1, 0.15) is 34.8 Å². The van der Waals surface area contributed by atoms with Gasteiger partial charge >= 0.3 is 5.97 Å². The van der Waals surface area contributed by atoms with Gasteiger partial charge in [-0.25, -0.2) is 9.37 Å². The summed E-state index contributed by atoms with van der Waals surface area (Å²) in [6.07, 6.45) is 3.39. The molecule has 0 amide bonds. The zero-order chi connectivity index (χ0) is 22.6. The van der Waals surface area contributed by atoms with Crippen molar-refractivity contribution in [3.8, 4) is 11.8 Å². The lowest BCUT2D eigenvalue weighted by molar-refractivity contribution is -0.152. The molecular formula is C23H22FN5O3. The largest absolute Gasteiger partial charge is 0.489 e. The highest BCUT2D eigenvalue weighted by Gasteiger charge is 2.43. The number of ether oxygens (including phenoxy) is 1. The number of anilines is 2. The maximum atomic E-state index is 13.8. The number of aromatic amines is 1. The average molecular weight is 435 g/mol. The van der Waals surface area contributed by atoms with Crippen LogP contribution in [-0.2, 0) is 11.2 Å². The summed E-state index contributed by atoms with van der Waals surface area (Å²) in [5.41, 5.74) is -0.416. The van der Waals surface area contributed by atoms with Crippen LogP contribution in [0.2, 0.25) is 0 Å². The Labute approximate surface area is 184 Å². The molecule has 1 aliphatic carbocycles. The summed E-state index contributed by atoms with van der Waals surface area (Å²) in [6.45, 7) is 0. The molecular weight excluding hydrogens is 413 g/mol. The Morgan fingerprint density at radius 1 is 1.28 bits per heavy atom. The maximum absolute atomic E-state index is 13.8. The standard InChI is InChI=1S/C23H22FN5O3/c24-18-4-2-5-19(17(18)14-25)32-16-7-10-23(11-8-16,22(30)31)13-15-3-1-6-20(27-15)28-21-9-12-26-29-21/h1-6,9,12,16H,7-8,10-11,13H2,(H,30,31)(H2,26,27,28,29). The van der Waals surface area contributed by atoms with Crippen molar-refractivity contribution in [3.63, 3.8) is 0 Å². The van der Waals surface area contributed by atoms with Gasteiger partial charge in [-0.2, -0.15) is 10.4 Å². The molecule has 1 aliphatic rings. The first-order valence-electron chi connectivity index (χ1n) is 10.3. The Kier molecular flexibility index (Phi) is 6.03. The summed E-state index contributed by atoms with van der Waals surface area (Å²) in [5, 5.41) is 29.0. The Bertz CT molecular complexity index is 1130. The molecule has 164 valence electrons. The van der Waals surface area contributed by atoms with Crippen LogP contribution in [0.3, 0.4) is 0 Å². The van der Waals surface area contributed by atoms with Crippen LogP contribution in [0.4, 0.5) is 16.0 Å². The molecule has 2 aromatic heterocycles. The first-order chi connectivity index (χ1) is 15.5. The number of aliphatic carboxylic acids is 1. The summed E-state index contributed by atoms with van der Waals surface area (Å²) >= 11 is 0. The van der Waals surface area contributed by atoms with E-state index < -0.39 is 17.2 Å². The molecule has 1 saturated carbocycles. The number of hydrogen-bond acceptors (Lipinski definition) is 6. The fourth-order valence-electron chi connectivity index (χ4n) is 4.08. The van der Waals surface area contributed by atoms with Crippen LogP contribution >= 0.6 is 0 Å². The lowest BCUT2D eigenvalue weighted by atomic mass is 9.70. The van der Waals surface area contributed by atoms with Gasteiger partial charge in [0.05, 0.1) is 17.7 Å². The smallest absolute Gasteiger partial charge is 0.310 e. The van der Waals surface area contributed by atoms with Crippen LogP contribution in [0.25, 0.3) is 0 Å². The van der Waals surface area contributed by atoms with Gasteiger partial charge < -0.3 is 15.2 Å². The molecule has 3 N–H and O–H groups in total. The van der Waals surface area contributed by atoms with Crippen molar-refractivity contribution in [2.24, 2.45) is 5.41 Å². The van der Waals surface area contributed by atoms with Crippen molar-refractivity contribution in [2.45, 2.75) is 38.2 Å². The van der Waals surface area contributed by atoms with Gasteiger partial charge in [-0.15, -0.1) is 0 Å². The lowest BCUT2D eigenvalue weighted by Gasteiger charge is -2.36. The van der Waals surface area contributed by atoms with Gasteiger partial charge in [0.15, 0.2) is 0 Å². The monoisotopic (exact) mass is 435 g/mol. The summed E-state index contributed by atoms with van der Waals surface area (Å²) < 4.78 is 19.7. The number of pyridine rings is 1. The number of carboxylic acid groups (broad SMARTS) is 1. The van der Waals surface area contributed by atoms with Gasteiger partial charge in [0.25, 0.3) is 0 Å². The molecule has 8 nitrogen and oxygen atoms in total. The van der Waals surface area contributed by atoms with E-state index in [-0.39, 0.29) is 23.8 Å².